The Kier molecular flexibility index (Phi) is 5.83. The van der Waals surface area contributed by atoms with Gasteiger partial charge in [0.25, 0.3) is 0 Å². The monoisotopic (exact) mass is 321 g/mol. The molecule has 0 heterocycles. The summed E-state index contributed by atoms with van der Waals surface area (Å²) in [6.45, 7) is 6.41. The highest BCUT2D eigenvalue weighted by atomic mass is 32.2. The van der Waals surface area contributed by atoms with Crippen molar-refractivity contribution in [3.05, 3.63) is 29.3 Å². The summed E-state index contributed by atoms with van der Waals surface area (Å²) in [5.74, 6) is -2.14. The molecule has 0 saturated carbocycles. The molecule has 1 aromatic rings. The fourth-order valence-corrected chi connectivity index (χ4v) is 3.88. The van der Waals surface area contributed by atoms with Crippen LogP contribution in [-0.2, 0) is 16.6 Å². The molecule has 0 aliphatic rings. The van der Waals surface area contributed by atoms with Crippen LogP contribution in [0.25, 0.3) is 0 Å². The third kappa shape index (κ3) is 3.78. The molecule has 1 N–H and O–H groups in total. The van der Waals surface area contributed by atoms with Gasteiger partial charge in [-0.15, -0.1) is 0 Å². The minimum absolute atomic E-state index is 0.0583. The first-order valence-electron chi connectivity index (χ1n) is 6.72. The first-order chi connectivity index (χ1) is 9.62. The normalized spacial score (nSPS) is 12.7. The molecule has 120 valence electrons. The molecule has 0 atom stereocenters. The molecular formula is C14H21F2NO3S. The van der Waals surface area contributed by atoms with Crippen LogP contribution in [0.5, 0.6) is 0 Å². The minimum atomic E-state index is -4.09. The molecular weight excluding hydrogens is 300 g/mol. The van der Waals surface area contributed by atoms with Gasteiger partial charge >= 0.3 is 0 Å². The highest BCUT2D eigenvalue weighted by molar-refractivity contribution is 7.89. The first kappa shape index (κ1) is 18.0. The quantitative estimate of drug-likeness (QED) is 0.876. The number of rotatable bonds is 6. The summed E-state index contributed by atoms with van der Waals surface area (Å²) in [6, 6.07) is 1.39. The fourth-order valence-electron chi connectivity index (χ4n) is 1.99. The molecule has 1 rings (SSSR count). The molecule has 0 radical (unpaired) electrons. The molecule has 0 saturated heterocycles. The second-order valence-electron chi connectivity index (χ2n) is 5.56. The zero-order chi connectivity index (χ0) is 16.4. The molecule has 4 nitrogen and oxygen atoms in total. The number of halogens is 2. The van der Waals surface area contributed by atoms with Crippen LogP contribution < -0.4 is 0 Å². The van der Waals surface area contributed by atoms with E-state index in [0.29, 0.717) is 0 Å². The van der Waals surface area contributed by atoms with Gasteiger partial charge in [0.2, 0.25) is 10.0 Å². The van der Waals surface area contributed by atoms with Crippen molar-refractivity contribution in [3.63, 3.8) is 0 Å². The van der Waals surface area contributed by atoms with E-state index >= 15 is 0 Å². The van der Waals surface area contributed by atoms with Gasteiger partial charge in [0, 0.05) is 12.6 Å². The maximum Gasteiger partial charge on any atom is 0.246 e. The summed E-state index contributed by atoms with van der Waals surface area (Å²) < 4.78 is 53.9. The van der Waals surface area contributed by atoms with Crippen molar-refractivity contribution in [2.45, 2.75) is 45.2 Å². The summed E-state index contributed by atoms with van der Waals surface area (Å²) in [5.41, 5.74) is -0.635. The number of aliphatic hydroxyl groups excluding tert-OH is 1. The lowest BCUT2D eigenvalue weighted by atomic mass is 10.2. The van der Waals surface area contributed by atoms with Crippen molar-refractivity contribution in [3.8, 4) is 0 Å². The maximum absolute atomic E-state index is 14.2. The maximum atomic E-state index is 14.2. The first-order valence-corrected chi connectivity index (χ1v) is 8.16. The van der Waals surface area contributed by atoms with Crippen molar-refractivity contribution in [2.24, 2.45) is 5.92 Å². The molecule has 0 aliphatic carbocycles. The van der Waals surface area contributed by atoms with E-state index in [1.807, 2.05) is 13.8 Å². The van der Waals surface area contributed by atoms with Crippen LogP contribution in [0.4, 0.5) is 8.78 Å². The van der Waals surface area contributed by atoms with E-state index in [0.717, 1.165) is 12.1 Å². The van der Waals surface area contributed by atoms with Gasteiger partial charge < -0.3 is 5.11 Å². The molecule has 0 amide bonds. The van der Waals surface area contributed by atoms with Crippen LogP contribution in [0.3, 0.4) is 0 Å². The molecule has 1 aromatic carbocycles. The molecule has 0 aromatic heterocycles. The largest absolute Gasteiger partial charge is 0.391 e. The van der Waals surface area contributed by atoms with Gasteiger partial charge in [-0.1, -0.05) is 13.8 Å². The predicted molar refractivity (Wildman–Crippen MR) is 76.1 cm³/mol. The molecule has 0 fully saturated rings. The van der Waals surface area contributed by atoms with Gasteiger partial charge in [0.05, 0.1) is 12.2 Å². The number of sulfonamides is 1. The van der Waals surface area contributed by atoms with Gasteiger partial charge in [0.15, 0.2) is 5.82 Å². The van der Waals surface area contributed by atoms with Gasteiger partial charge in [-0.3, -0.25) is 0 Å². The third-order valence-corrected chi connectivity index (χ3v) is 5.08. The van der Waals surface area contributed by atoms with Crippen molar-refractivity contribution in [1.82, 2.24) is 4.31 Å². The fraction of sp³-hybridized carbons (Fsp3) is 0.571. The minimum Gasteiger partial charge on any atom is -0.391 e. The molecule has 0 bridgehead atoms. The number of hydrogen-bond acceptors (Lipinski definition) is 3. The summed E-state index contributed by atoms with van der Waals surface area (Å²) in [5, 5.41) is 8.99. The van der Waals surface area contributed by atoms with E-state index in [1.54, 1.807) is 13.8 Å². The molecule has 21 heavy (non-hydrogen) atoms. The lowest BCUT2D eigenvalue weighted by Gasteiger charge is -2.28. The zero-order valence-electron chi connectivity index (χ0n) is 12.6. The average molecular weight is 321 g/mol. The lowest BCUT2D eigenvalue weighted by Crippen LogP contribution is -2.40. The Morgan fingerprint density at radius 3 is 2.19 bits per heavy atom. The van der Waals surface area contributed by atoms with E-state index in [1.165, 1.54) is 4.31 Å². The third-order valence-electron chi connectivity index (χ3n) is 3.02. The lowest BCUT2D eigenvalue weighted by molar-refractivity contribution is 0.267. The Balaban J connectivity index is 3.42. The van der Waals surface area contributed by atoms with Crippen molar-refractivity contribution in [1.29, 1.82) is 0 Å². The SMILES string of the molecule is CC(C)CN(C(C)C)S(=O)(=O)c1ccc(F)c(CO)c1F. The zero-order valence-corrected chi connectivity index (χ0v) is 13.4. The molecule has 0 spiro atoms. The summed E-state index contributed by atoms with van der Waals surface area (Å²) >= 11 is 0. The highest BCUT2D eigenvalue weighted by Crippen LogP contribution is 2.26. The van der Waals surface area contributed by atoms with Crippen LogP contribution in [-0.4, -0.2) is 30.4 Å². The smallest absolute Gasteiger partial charge is 0.246 e. The standard InChI is InChI=1S/C14H21F2NO3S/c1-9(2)7-17(10(3)4)21(19,20)13-6-5-12(15)11(8-18)14(13)16/h5-6,9-10,18H,7-8H2,1-4H3. The van der Waals surface area contributed by atoms with E-state index in [2.05, 4.69) is 0 Å². The van der Waals surface area contributed by atoms with Gasteiger partial charge in [0.1, 0.15) is 10.7 Å². The van der Waals surface area contributed by atoms with Crippen molar-refractivity contribution < 1.29 is 22.3 Å². The van der Waals surface area contributed by atoms with E-state index in [9.17, 15) is 17.2 Å². The van der Waals surface area contributed by atoms with E-state index in [4.69, 9.17) is 5.11 Å². The van der Waals surface area contributed by atoms with Crippen LogP contribution in [0, 0.1) is 17.6 Å². The average Bonchev–Trinajstić information content (AvgIpc) is 2.35. The second-order valence-corrected chi connectivity index (χ2v) is 7.42. The Morgan fingerprint density at radius 1 is 1.19 bits per heavy atom. The Labute approximate surface area is 124 Å². The number of aliphatic hydroxyl groups is 1. The van der Waals surface area contributed by atoms with Crippen LogP contribution in [0.2, 0.25) is 0 Å². The molecule has 7 heteroatoms. The summed E-state index contributed by atoms with van der Waals surface area (Å²) in [7, 11) is -4.09. The van der Waals surface area contributed by atoms with Crippen molar-refractivity contribution in [2.75, 3.05) is 6.54 Å². The Morgan fingerprint density at radius 2 is 1.76 bits per heavy atom. The van der Waals surface area contributed by atoms with Crippen LogP contribution >= 0.6 is 0 Å². The van der Waals surface area contributed by atoms with Crippen LogP contribution in [0.1, 0.15) is 33.3 Å². The predicted octanol–water partition coefficient (Wildman–Crippen LogP) is 2.51. The number of nitrogens with zero attached hydrogens (tertiary/aromatic N) is 1. The van der Waals surface area contributed by atoms with Crippen LogP contribution in [0.15, 0.2) is 17.0 Å². The summed E-state index contributed by atoms with van der Waals surface area (Å²) in [4.78, 5) is -0.609. The van der Waals surface area contributed by atoms with E-state index in [-0.39, 0.29) is 18.5 Å². The number of hydrogen-bond donors (Lipinski definition) is 1. The highest BCUT2D eigenvalue weighted by Gasteiger charge is 2.31. The second kappa shape index (κ2) is 6.81. The molecule has 0 aliphatic heterocycles. The van der Waals surface area contributed by atoms with Gasteiger partial charge in [-0.05, 0) is 31.9 Å². The van der Waals surface area contributed by atoms with Crippen molar-refractivity contribution >= 4 is 10.0 Å². The Bertz CT molecular complexity index is 600. The topological polar surface area (TPSA) is 57.6 Å². The number of benzene rings is 1. The van der Waals surface area contributed by atoms with E-state index < -0.39 is 38.7 Å². The Hall–Kier alpha value is -1.05. The summed E-state index contributed by atoms with van der Waals surface area (Å²) in [6.07, 6.45) is 0. The van der Waals surface area contributed by atoms with Gasteiger partial charge in [-0.2, -0.15) is 4.31 Å². The molecule has 0 unspecified atom stereocenters. The van der Waals surface area contributed by atoms with Gasteiger partial charge in [-0.25, -0.2) is 17.2 Å².